The van der Waals surface area contributed by atoms with Gasteiger partial charge in [0.15, 0.2) is 17.5 Å². The molecule has 0 amide bonds. The van der Waals surface area contributed by atoms with Gasteiger partial charge in [0, 0.05) is 55.0 Å². The monoisotopic (exact) mass is 869 g/mol. The van der Waals surface area contributed by atoms with Crippen LogP contribution in [0.3, 0.4) is 0 Å². The van der Waals surface area contributed by atoms with Crippen molar-refractivity contribution in [2.24, 2.45) is 0 Å². The van der Waals surface area contributed by atoms with Gasteiger partial charge in [-0.15, -0.1) is 0 Å². The third-order valence-electron chi connectivity index (χ3n) is 12.8. The molecule has 0 saturated carbocycles. The molecule has 0 bridgehead atoms. The lowest BCUT2D eigenvalue weighted by molar-refractivity contribution is 0.953. The first-order chi connectivity index (χ1) is 33.7. The zero-order valence-electron chi connectivity index (χ0n) is 36.6. The lowest BCUT2D eigenvalue weighted by Crippen LogP contribution is -2.06. The lowest BCUT2D eigenvalue weighted by Gasteiger charge is -2.13. The molecule has 0 radical (unpaired) electrons. The second kappa shape index (κ2) is 16.3. The van der Waals surface area contributed by atoms with E-state index in [2.05, 4.69) is 173 Å². The molecule has 0 aliphatic carbocycles. The quantitative estimate of drug-likeness (QED) is 0.152. The van der Waals surface area contributed by atoms with Crippen LogP contribution in [-0.4, -0.2) is 34.1 Å². The third kappa shape index (κ3) is 6.72. The fourth-order valence-electron chi connectivity index (χ4n) is 9.66. The summed E-state index contributed by atoms with van der Waals surface area (Å²) < 4.78 is 4.57. The Hall–Kier alpha value is -9.33. The molecule has 0 unspecified atom stereocenters. The highest BCUT2D eigenvalue weighted by molar-refractivity contribution is 6.28. The van der Waals surface area contributed by atoms with E-state index in [9.17, 15) is 0 Å². The van der Waals surface area contributed by atoms with Gasteiger partial charge in [-0.3, -0.25) is 4.57 Å². The van der Waals surface area contributed by atoms with E-state index < -0.39 is 0 Å². The van der Waals surface area contributed by atoms with Crippen molar-refractivity contribution in [3.05, 3.63) is 237 Å². The van der Waals surface area contributed by atoms with Crippen LogP contribution in [0.2, 0.25) is 0 Å². The molecule has 4 aromatic heterocycles. The summed E-state index contributed by atoms with van der Waals surface area (Å²) in [7, 11) is 0. The Morgan fingerprint density at radius 2 is 0.691 bits per heavy atom. The van der Waals surface area contributed by atoms with Crippen molar-refractivity contribution in [1.82, 2.24) is 34.1 Å². The van der Waals surface area contributed by atoms with E-state index in [4.69, 9.17) is 24.9 Å². The van der Waals surface area contributed by atoms with Crippen molar-refractivity contribution in [2.45, 2.75) is 0 Å². The minimum absolute atomic E-state index is 0.559. The zero-order chi connectivity index (χ0) is 45.0. The number of hydrogen-bond donors (Lipinski definition) is 0. The fraction of sp³-hybridized carbons (Fsp3) is 0. The third-order valence-corrected chi connectivity index (χ3v) is 12.8. The summed E-state index contributed by atoms with van der Waals surface area (Å²) in [6.45, 7) is 0. The van der Waals surface area contributed by atoms with Crippen LogP contribution < -0.4 is 0 Å². The second-order valence-corrected chi connectivity index (χ2v) is 16.9. The highest BCUT2D eigenvalue weighted by Crippen LogP contribution is 2.43. The molecule has 68 heavy (non-hydrogen) atoms. The number of hydrogen-bond acceptors (Lipinski definition) is 5. The largest absolute Gasteiger partial charge is 0.309 e. The summed E-state index contributed by atoms with van der Waals surface area (Å²) in [5.74, 6) is 2.44. The number of para-hydroxylation sites is 2. The Kier molecular flexibility index (Phi) is 9.35. The second-order valence-electron chi connectivity index (χ2n) is 16.9. The van der Waals surface area contributed by atoms with Gasteiger partial charge in [-0.2, -0.15) is 9.97 Å². The van der Waals surface area contributed by atoms with Gasteiger partial charge in [0.1, 0.15) is 0 Å². The first kappa shape index (κ1) is 39.1. The predicted molar refractivity (Wildman–Crippen MR) is 277 cm³/mol. The molecule has 318 valence electrons. The van der Waals surface area contributed by atoms with Gasteiger partial charge in [0.05, 0.1) is 33.5 Å². The molecule has 0 N–H and O–H groups in total. The Bertz CT molecular complexity index is 3950. The molecule has 9 aromatic carbocycles. The molecule has 0 atom stereocenters. The van der Waals surface area contributed by atoms with Gasteiger partial charge in [-0.25, -0.2) is 15.0 Å². The minimum atomic E-state index is 0.559. The van der Waals surface area contributed by atoms with Gasteiger partial charge in [0.2, 0.25) is 5.95 Å². The SMILES string of the molecule is c1ccc(-c2cccc(-c3cc(-c4ccccc4)nc(-c4cccc(-n5c6ccccc6c6c7c8ccccc8n(-c8nc(-c9ccccc9)nc(-c9ccccc9)n8)c7ccc65)c4)n3)c2)cc1. The standard InChI is InChI=1S/C61H39N7/c1-5-19-40(20-6-1)44-27-17-28-45(37-44)51-39-50(41-21-7-2-8-22-41)62-60(63-51)46-29-18-30-47(38-46)67-52-33-15-13-31-48(52)56-54(67)35-36-55-57(56)49-32-14-16-34-53(49)68(55)61-65-58(42-23-9-3-10-24-42)64-59(66-61)43-25-11-4-12-26-43/h1-39H. The van der Waals surface area contributed by atoms with Crippen LogP contribution in [0.5, 0.6) is 0 Å². The van der Waals surface area contributed by atoms with E-state index >= 15 is 0 Å². The number of benzene rings is 9. The zero-order valence-corrected chi connectivity index (χ0v) is 36.6. The maximum atomic E-state index is 5.30. The number of rotatable bonds is 8. The van der Waals surface area contributed by atoms with E-state index in [-0.39, 0.29) is 0 Å². The molecule has 13 aromatic rings. The summed E-state index contributed by atoms with van der Waals surface area (Å²) in [5.41, 5.74) is 14.1. The molecule has 7 nitrogen and oxygen atoms in total. The maximum Gasteiger partial charge on any atom is 0.238 e. The summed E-state index contributed by atoms with van der Waals surface area (Å²) >= 11 is 0. The fourth-order valence-corrected chi connectivity index (χ4v) is 9.66. The topological polar surface area (TPSA) is 74.3 Å². The molecule has 7 heteroatoms. The molecular formula is C61H39N7. The summed E-state index contributed by atoms with van der Waals surface area (Å²) in [6.07, 6.45) is 0. The van der Waals surface area contributed by atoms with Crippen molar-refractivity contribution in [3.63, 3.8) is 0 Å². The lowest BCUT2D eigenvalue weighted by atomic mass is 10.0. The van der Waals surface area contributed by atoms with E-state index in [1.807, 2.05) is 72.8 Å². The molecule has 13 rings (SSSR count). The normalized spacial score (nSPS) is 11.5. The van der Waals surface area contributed by atoms with Crippen molar-refractivity contribution >= 4 is 43.6 Å². The smallest absolute Gasteiger partial charge is 0.238 e. The molecule has 0 aliphatic rings. The average Bonchev–Trinajstić information content (AvgIpc) is 3.95. The van der Waals surface area contributed by atoms with Crippen LogP contribution >= 0.6 is 0 Å². The molecule has 0 aliphatic heterocycles. The summed E-state index contributed by atoms with van der Waals surface area (Å²) in [4.78, 5) is 25.9. The van der Waals surface area contributed by atoms with Crippen LogP contribution in [0, 0.1) is 0 Å². The van der Waals surface area contributed by atoms with Gasteiger partial charge >= 0.3 is 0 Å². The van der Waals surface area contributed by atoms with E-state index in [0.717, 1.165) is 99.6 Å². The molecule has 0 fully saturated rings. The van der Waals surface area contributed by atoms with Crippen LogP contribution in [0.25, 0.3) is 123 Å². The van der Waals surface area contributed by atoms with Crippen LogP contribution in [-0.2, 0) is 0 Å². The highest BCUT2D eigenvalue weighted by Gasteiger charge is 2.23. The molecule has 0 spiro atoms. The minimum Gasteiger partial charge on any atom is -0.309 e. The summed E-state index contributed by atoms with van der Waals surface area (Å²) in [5, 5.41) is 4.55. The number of nitrogens with zero attached hydrogens (tertiary/aromatic N) is 7. The Morgan fingerprint density at radius 1 is 0.250 bits per heavy atom. The van der Waals surface area contributed by atoms with Crippen molar-refractivity contribution in [3.8, 4) is 79.4 Å². The van der Waals surface area contributed by atoms with Crippen LogP contribution in [0.1, 0.15) is 0 Å². The van der Waals surface area contributed by atoms with Gasteiger partial charge in [0.25, 0.3) is 0 Å². The van der Waals surface area contributed by atoms with Crippen molar-refractivity contribution in [1.29, 1.82) is 0 Å². The van der Waals surface area contributed by atoms with E-state index in [1.165, 1.54) is 0 Å². The Labute approximate surface area is 392 Å². The highest BCUT2D eigenvalue weighted by atomic mass is 15.2. The van der Waals surface area contributed by atoms with Gasteiger partial charge in [-0.1, -0.05) is 188 Å². The Morgan fingerprint density at radius 3 is 1.31 bits per heavy atom. The first-order valence-electron chi connectivity index (χ1n) is 22.8. The first-order valence-corrected chi connectivity index (χ1v) is 22.8. The van der Waals surface area contributed by atoms with Gasteiger partial charge in [-0.05, 0) is 59.7 Å². The van der Waals surface area contributed by atoms with E-state index in [1.54, 1.807) is 0 Å². The number of fused-ring (bicyclic) bond motifs is 7. The Balaban J connectivity index is 1.00. The predicted octanol–water partition coefficient (Wildman–Crippen LogP) is 14.9. The van der Waals surface area contributed by atoms with E-state index in [0.29, 0.717) is 23.4 Å². The van der Waals surface area contributed by atoms with Crippen molar-refractivity contribution < 1.29 is 0 Å². The molecule has 0 saturated heterocycles. The molecular weight excluding hydrogens is 831 g/mol. The van der Waals surface area contributed by atoms with Crippen molar-refractivity contribution in [2.75, 3.05) is 0 Å². The van der Waals surface area contributed by atoms with Gasteiger partial charge < -0.3 is 4.57 Å². The summed E-state index contributed by atoms with van der Waals surface area (Å²) in [6, 6.07) is 82.1. The maximum absolute atomic E-state index is 5.30. The number of aromatic nitrogens is 7. The van der Waals surface area contributed by atoms with Crippen LogP contribution in [0.4, 0.5) is 0 Å². The average molecular weight is 870 g/mol. The van der Waals surface area contributed by atoms with Crippen LogP contribution in [0.15, 0.2) is 237 Å². The molecule has 4 heterocycles.